The van der Waals surface area contributed by atoms with Crippen LogP contribution in [-0.2, 0) is 17.6 Å². The standard InChI is InChI=1S/C20H25N3OS/c1-14(24)22-20-18(16-8-2-3-9-17(16)25-20)19(23-11-4-5-12-23)15-7-6-10-21-13-15/h6-7,10,13,19H,2-5,8-9,11-12H2,1H3,(H,22,24)/p+1/t19-/m0/s1. The molecule has 2 N–H and O–H groups in total. The summed E-state index contributed by atoms with van der Waals surface area (Å²) in [7, 11) is 0. The van der Waals surface area contributed by atoms with Crippen molar-refractivity contribution in [3.63, 3.8) is 0 Å². The van der Waals surface area contributed by atoms with Gasteiger partial charge in [0.2, 0.25) is 5.91 Å². The van der Waals surface area contributed by atoms with Crippen LogP contribution in [0.1, 0.15) is 60.2 Å². The summed E-state index contributed by atoms with van der Waals surface area (Å²) in [5.74, 6) is 0.0289. The molecule has 2 aliphatic rings. The quantitative estimate of drug-likeness (QED) is 0.885. The summed E-state index contributed by atoms with van der Waals surface area (Å²) in [6.45, 7) is 4.01. The molecule has 0 unspecified atom stereocenters. The number of thiophene rings is 1. The van der Waals surface area contributed by atoms with Gasteiger partial charge in [-0.05, 0) is 43.4 Å². The first-order valence-electron chi connectivity index (χ1n) is 9.40. The lowest BCUT2D eigenvalue weighted by Crippen LogP contribution is -3.10. The fourth-order valence-electron chi connectivity index (χ4n) is 4.42. The summed E-state index contributed by atoms with van der Waals surface area (Å²) in [4.78, 5) is 19.3. The summed E-state index contributed by atoms with van der Waals surface area (Å²) in [5, 5.41) is 4.23. The van der Waals surface area contributed by atoms with Gasteiger partial charge in [-0.2, -0.15) is 0 Å². The van der Waals surface area contributed by atoms with Crippen LogP contribution in [0.4, 0.5) is 5.00 Å². The smallest absolute Gasteiger partial charge is 0.221 e. The molecule has 1 amide bonds. The molecule has 2 aromatic rings. The van der Waals surface area contributed by atoms with Gasteiger partial charge in [-0.3, -0.25) is 9.78 Å². The highest BCUT2D eigenvalue weighted by Gasteiger charge is 2.36. The van der Waals surface area contributed by atoms with Crippen molar-refractivity contribution in [2.75, 3.05) is 18.4 Å². The van der Waals surface area contributed by atoms with Crippen LogP contribution in [0.3, 0.4) is 0 Å². The fourth-order valence-corrected chi connectivity index (χ4v) is 5.79. The Morgan fingerprint density at radius 2 is 2.04 bits per heavy atom. The van der Waals surface area contributed by atoms with Gasteiger partial charge >= 0.3 is 0 Å². The van der Waals surface area contributed by atoms with Crippen LogP contribution in [0.5, 0.6) is 0 Å². The van der Waals surface area contributed by atoms with Gasteiger partial charge in [0.05, 0.1) is 18.7 Å². The maximum Gasteiger partial charge on any atom is 0.221 e. The van der Waals surface area contributed by atoms with E-state index in [1.165, 1.54) is 60.3 Å². The molecule has 0 saturated carbocycles. The average molecular weight is 357 g/mol. The number of carbonyl (C=O) groups is 1. The van der Waals surface area contributed by atoms with E-state index in [2.05, 4.69) is 16.4 Å². The Labute approximate surface area is 153 Å². The van der Waals surface area contributed by atoms with Crippen LogP contribution in [0, 0.1) is 0 Å². The van der Waals surface area contributed by atoms with E-state index >= 15 is 0 Å². The van der Waals surface area contributed by atoms with Gasteiger partial charge in [0, 0.05) is 42.6 Å². The number of pyridine rings is 1. The summed E-state index contributed by atoms with van der Waals surface area (Å²) >= 11 is 1.81. The van der Waals surface area contributed by atoms with E-state index in [1.807, 2.05) is 18.5 Å². The van der Waals surface area contributed by atoms with Crippen LogP contribution in [0.25, 0.3) is 0 Å². The zero-order valence-corrected chi connectivity index (χ0v) is 15.6. The number of rotatable bonds is 4. The van der Waals surface area contributed by atoms with E-state index in [0.29, 0.717) is 0 Å². The topological polar surface area (TPSA) is 46.4 Å². The second kappa shape index (κ2) is 7.26. The molecule has 5 heteroatoms. The minimum atomic E-state index is 0.0289. The molecule has 4 nitrogen and oxygen atoms in total. The lowest BCUT2D eigenvalue weighted by Gasteiger charge is -2.27. The molecular formula is C20H26N3OS+. The summed E-state index contributed by atoms with van der Waals surface area (Å²) < 4.78 is 0. The van der Waals surface area contributed by atoms with Crippen molar-refractivity contribution in [3.05, 3.63) is 46.1 Å². The van der Waals surface area contributed by atoms with Gasteiger partial charge in [-0.1, -0.05) is 0 Å². The number of aryl methyl sites for hydroxylation is 1. The molecule has 0 bridgehead atoms. The molecule has 1 saturated heterocycles. The molecule has 2 aromatic heterocycles. The van der Waals surface area contributed by atoms with Gasteiger partial charge < -0.3 is 10.2 Å². The third kappa shape index (κ3) is 3.35. The molecule has 25 heavy (non-hydrogen) atoms. The lowest BCUT2D eigenvalue weighted by molar-refractivity contribution is -0.913. The number of likely N-dealkylation sites (tertiary alicyclic amines) is 1. The van der Waals surface area contributed by atoms with Crippen molar-refractivity contribution in [3.8, 4) is 0 Å². The third-order valence-electron chi connectivity index (χ3n) is 5.46. The average Bonchev–Trinajstić information content (AvgIpc) is 3.25. The molecule has 0 aromatic carbocycles. The number of amides is 1. The zero-order valence-electron chi connectivity index (χ0n) is 14.8. The number of hydrogen-bond acceptors (Lipinski definition) is 3. The maximum absolute atomic E-state index is 11.8. The van der Waals surface area contributed by atoms with Crippen molar-refractivity contribution < 1.29 is 9.69 Å². The Hall–Kier alpha value is -1.72. The van der Waals surface area contributed by atoms with E-state index in [0.717, 1.165) is 17.8 Å². The number of aromatic nitrogens is 1. The van der Waals surface area contributed by atoms with Gasteiger partial charge in [0.1, 0.15) is 11.0 Å². The monoisotopic (exact) mass is 356 g/mol. The van der Waals surface area contributed by atoms with E-state index in [-0.39, 0.29) is 11.9 Å². The third-order valence-corrected chi connectivity index (χ3v) is 6.69. The number of fused-ring (bicyclic) bond motifs is 1. The van der Waals surface area contributed by atoms with Crippen molar-refractivity contribution >= 4 is 22.2 Å². The second-order valence-electron chi connectivity index (χ2n) is 7.22. The summed E-state index contributed by atoms with van der Waals surface area (Å²) in [5.41, 5.74) is 4.16. The lowest BCUT2D eigenvalue weighted by atomic mass is 9.89. The van der Waals surface area contributed by atoms with Crippen molar-refractivity contribution in [2.24, 2.45) is 0 Å². The highest BCUT2D eigenvalue weighted by atomic mass is 32.1. The van der Waals surface area contributed by atoms with Gasteiger partial charge in [0.15, 0.2) is 0 Å². The molecule has 1 atom stereocenters. The van der Waals surface area contributed by atoms with Crippen molar-refractivity contribution in [2.45, 2.75) is 51.5 Å². The molecule has 0 radical (unpaired) electrons. The fraction of sp³-hybridized carbons (Fsp3) is 0.500. The molecule has 1 aliphatic carbocycles. The SMILES string of the molecule is CC(=O)Nc1sc2c(c1[C@H](c1cccnc1)[NH+]1CCCC1)CCCC2. The Balaban J connectivity index is 1.85. The highest BCUT2D eigenvalue weighted by Crippen LogP contribution is 2.42. The zero-order chi connectivity index (χ0) is 17.2. The Morgan fingerprint density at radius 3 is 2.76 bits per heavy atom. The second-order valence-corrected chi connectivity index (χ2v) is 8.32. The van der Waals surface area contributed by atoms with Crippen LogP contribution < -0.4 is 10.2 Å². The first-order valence-corrected chi connectivity index (χ1v) is 10.2. The molecule has 132 valence electrons. The van der Waals surface area contributed by atoms with E-state index in [9.17, 15) is 4.79 Å². The molecule has 0 spiro atoms. The van der Waals surface area contributed by atoms with E-state index < -0.39 is 0 Å². The maximum atomic E-state index is 11.8. The Kier molecular flexibility index (Phi) is 4.86. The first kappa shape index (κ1) is 16.7. The predicted octanol–water partition coefficient (Wildman–Crippen LogP) is 2.75. The minimum Gasteiger partial charge on any atom is -0.325 e. The molecule has 4 rings (SSSR count). The van der Waals surface area contributed by atoms with Crippen LogP contribution >= 0.6 is 11.3 Å². The Bertz CT molecular complexity index is 750. The summed E-state index contributed by atoms with van der Waals surface area (Å²) in [6, 6.07) is 4.53. The van der Waals surface area contributed by atoms with Crippen LogP contribution in [0.15, 0.2) is 24.5 Å². The van der Waals surface area contributed by atoms with Gasteiger partial charge in [-0.25, -0.2) is 0 Å². The molecule has 1 fully saturated rings. The Morgan fingerprint density at radius 1 is 1.24 bits per heavy atom. The molecular weight excluding hydrogens is 330 g/mol. The van der Waals surface area contributed by atoms with Crippen LogP contribution in [0.2, 0.25) is 0 Å². The van der Waals surface area contributed by atoms with Crippen LogP contribution in [-0.4, -0.2) is 24.0 Å². The minimum absolute atomic E-state index is 0.0289. The number of hydrogen-bond donors (Lipinski definition) is 2. The van der Waals surface area contributed by atoms with Gasteiger partial charge in [-0.15, -0.1) is 11.3 Å². The number of anilines is 1. The summed E-state index contributed by atoms with van der Waals surface area (Å²) in [6.07, 6.45) is 11.2. The number of nitrogens with zero attached hydrogens (tertiary/aromatic N) is 1. The van der Waals surface area contributed by atoms with Gasteiger partial charge in [0.25, 0.3) is 0 Å². The molecule has 3 heterocycles. The number of carbonyl (C=O) groups excluding carboxylic acids is 1. The van der Waals surface area contributed by atoms with E-state index in [4.69, 9.17) is 0 Å². The highest BCUT2D eigenvalue weighted by molar-refractivity contribution is 7.16. The number of nitrogens with one attached hydrogen (secondary N) is 2. The first-order chi connectivity index (χ1) is 12.2. The normalized spacial score (nSPS) is 18.8. The van der Waals surface area contributed by atoms with Crippen molar-refractivity contribution in [1.82, 2.24) is 4.98 Å². The van der Waals surface area contributed by atoms with Crippen molar-refractivity contribution in [1.29, 1.82) is 0 Å². The van der Waals surface area contributed by atoms with E-state index in [1.54, 1.807) is 23.2 Å². The molecule has 1 aliphatic heterocycles. The largest absolute Gasteiger partial charge is 0.325 e. The predicted molar refractivity (Wildman–Crippen MR) is 101 cm³/mol. The number of quaternary nitrogens is 1.